The Morgan fingerprint density at radius 3 is 2.39 bits per heavy atom. The van der Waals surface area contributed by atoms with E-state index in [4.69, 9.17) is 17.3 Å². The minimum Gasteiger partial charge on any atom is -0.297 e. The first-order chi connectivity index (χ1) is 13.8. The zero-order valence-electron chi connectivity index (χ0n) is 15.9. The summed E-state index contributed by atoms with van der Waals surface area (Å²) in [5.41, 5.74) is 1.39. The Bertz CT molecular complexity index is 964. The first kappa shape index (κ1) is 18.2. The van der Waals surface area contributed by atoms with Crippen LogP contribution in [0.1, 0.15) is 24.4 Å². The summed E-state index contributed by atoms with van der Waals surface area (Å²) in [6.07, 6.45) is 2.44. The van der Waals surface area contributed by atoms with Crippen molar-refractivity contribution >= 4 is 23.6 Å². The van der Waals surface area contributed by atoms with Gasteiger partial charge in [0.2, 0.25) is 0 Å². The van der Waals surface area contributed by atoms with Crippen LogP contribution in [-0.4, -0.2) is 50.3 Å². The fraction of sp³-hybridized carbons (Fsp3) is 0.429. The van der Waals surface area contributed by atoms with Crippen LogP contribution >= 0.6 is 23.6 Å². The summed E-state index contributed by atoms with van der Waals surface area (Å²) in [5.74, 6) is 1.05. The van der Waals surface area contributed by atoms with Gasteiger partial charge in [-0.05, 0) is 42.1 Å². The third-order valence-corrected chi connectivity index (χ3v) is 6.85. The van der Waals surface area contributed by atoms with Crippen molar-refractivity contribution in [1.29, 1.82) is 0 Å². The zero-order valence-corrected chi connectivity index (χ0v) is 17.5. The van der Waals surface area contributed by atoms with Crippen LogP contribution < -0.4 is 0 Å². The van der Waals surface area contributed by atoms with Crippen LogP contribution in [0.15, 0.2) is 47.8 Å². The van der Waals surface area contributed by atoms with Gasteiger partial charge in [-0.2, -0.15) is 0 Å². The fourth-order valence-electron chi connectivity index (χ4n) is 3.87. The third-order valence-electron chi connectivity index (χ3n) is 5.57. The van der Waals surface area contributed by atoms with Crippen LogP contribution in [0, 0.1) is 4.77 Å². The summed E-state index contributed by atoms with van der Waals surface area (Å²) in [5, 5.41) is 7.04. The van der Waals surface area contributed by atoms with Crippen molar-refractivity contribution in [3.63, 3.8) is 0 Å². The Balaban J connectivity index is 1.26. The highest BCUT2D eigenvalue weighted by Gasteiger charge is 2.29. The minimum atomic E-state index is 0.543. The van der Waals surface area contributed by atoms with Crippen LogP contribution in [0.25, 0.3) is 10.7 Å². The highest BCUT2D eigenvalue weighted by Crippen LogP contribution is 2.39. The molecule has 5 nitrogen and oxygen atoms in total. The van der Waals surface area contributed by atoms with Crippen molar-refractivity contribution in [3.8, 4) is 10.7 Å². The Hall–Kier alpha value is -1.80. The molecular weight excluding hydrogens is 386 g/mol. The number of nitrogens with zero attached hydrogens (tertiary/aromatic N) is 5. The molecule has 0 unspecified atom stereocenters. The summed E-state index contributed by atoms with van der Waals surface area (Å²) in [4.78, 5) is 6.22. The molecule has 2 aromatic heterocycles. The van der Waals surface area contributed by atoms with Gasteiger partial charge in [-0.25, -0.2) is 4.68 Å². The molecule has 0 bridgehead atoms. The van der Waals surface area contributed by atoms with E-state index in [9.17, 15) is 0 Å². The second-order valence-electron chi connectivity index (χ2n) is 7.71. The summed E-state index contributed by atoms with van der Waals surface area (Å²) in [6.45, 7) is 6.11. The summed E-state index contributed by atoms with van der Waals surface area (Å²) in [7, 11) is 0. The van der Waals surface area contributed by atoms with Crippen molar-refractivity contribution in [3.05, 3.63) is 58.2 Å². The van der Waals surface area contributed by atoms with Crippen molar-refractivity contribution in [2.24, 2.45) is 0 Å². The normalized spacial score (nSPS) is 18.6. The van der Waals surface area contributed by atoms with Gasteiger partial charge in [0.15, 0.2) is 10.6 Å². The topological polar surface area (TPSA) is 29.2 Å². The second-order valence-corrected chi connectivity index (χ2v) is 9.02. The summed E-state index contributed by atoms with van der Waals surface area (Å²) in [6, 6.07) is 15.5. The lowest BCUT2D eigenvalue weighted by molar-refractivity contribution is 0.0980. The van der Waals surface area contributed by atoms with E-state index in [1.54, 1.807) is 11.3 Å². The molecule has 5 rings (SSSR count). The average Bonchev–Trinajstić information content (AvgIpc) is 3.30. The molecule has 2 aliphatic rings. The first-order valence-corrected chi connectivity index (χ1v) is 11.3. The van der Waals surface area contributed by atoms with E-state index in [2.05, 4.69) is 62.2 Å². The number of piperazine rings is 1. The van der Waals surface area contributed by atoms with Gasteiger partial charge >= 0.3 is 0 Å². The largest absolute Gasteiger partial charge is 0.297 e. The first-order valence-electron chi connectivity index (χ1n) is 10.00. The fourth-order valence-corrected chi connectivity index (χ4v) is 4.91. The number of thiophene rings is 1. The SMILES string of the molecule is S=c1n(CN2CCN(Cc3ccccc3)CC2)nc(-c2cccs2)n1C1CC1. The van der Waals surface area contributed by atoms with Gasteiger partial charge in [-0.3, -0.25) is 14.4 Å². The van der Waals surface area contributed by atoms with Crippen molar-refractivity contribution in [2.75, 3.05) is 26.2 Å². The maximum Gasteiger partial charge on any atom is 0.199 e. The molecule has 1 aliphatic heterocycles. The zero-order chi connectivity index (χ0) is 18.9. The number of rotatable bonds is 6. The summed E-state index contributed by atoms with van der Waals surface area (Å²) < 4.78 is 5.19. The molecule has 3 aromatic rings. The Kier molecular flexibility index (Phi) is 5.15. The lowest BCUT2D eigenvalue weighted by atomic mass is 10.2. The van der Waals surface area contributed by atoms with Crippen LogP contribution in [0.2, 0.25) is 0 Å². The van der Waals surface area contributed by atoms with Gasteiger partial charge < -0.3 is 0 Å². The minimum absolute atomic E-state index is 0.543. The van der Waals surface area contributed by atoms with E-state index < -0.39 is 0 Å². The van der Waals surface area contributed by atoms with Gasteiger partial charge in [-0.1, -0.05) is 36.4 Å². The molecule has 3 heterocycles. The van der Waals surface area contributed by atoms with Crippen molar-refractivity contribution in [1.82, 2.24) is 24.1 Å². The number of benzene rings is 1. The van der Waals surface area contributed by atoms with E-state index in [0.29, 0.717) is 6.04 Å². The van der Waals surface area contributed by atoms with Crippen molar-refractivity contribution < 1.29 is 0 Å². The molecule has 1 aliphatic carbocycles. The van der Waals surface area contributed by atoms with Crippen LogP contribution in [0.3, 0.4) is 0 Å². The quantitative estimate of drug-likeness (QED) is 0.567. The summed E-state index contributed by atoms with van der Waals surface area (Å²) >= 11 is 7.55. The number of aromatic nitrogens is 3. The standard InChI is InChI=1S/C21H25N5S2/c27-21-25(22-20(19-7-4-14-28-19)26(21)18-8-9-18)16-24-12-10-23(11-13-24)15-17-5-2-1-3-6-17/h1-7,14,18H,8-13,15-16H2. The van der Waals surface area contributed by atoms with Gasteiger partial charge in [-0.15, -0.1) is 16.4 Å². The second kappa shape index (κ2) is 7.91. The lowest BCUT2D eigenvalue weighted by Gasteiger charge is -2.34. The molecule has 1 saturated heterocycles. The molecule has 0 radical (unpaired) electrons. The van der Waals surface area contributed by atoms with E-state index in [-0.39, 0.29) is 0 Å². The van der Waals surface area contributed by atoms with E-state index in [1.807, 2.05) is 4.68 Å². The molecule has 7 heteroatoms. The van der Waals surface area contributed by atoms with Crippen LogP contribution in [-0.2, 0) is 13.2 Å². The maximum atomic E-state index is 5.81. The van der Waals surface area contributed by atoms with E-state index >= 15 is 0 Å². The predicted molar refractivity (Wildman–Crippen MR) is 116 cm³/mol. The van der Waals surface area contributed by atoms with Crippen LogP contribution in [0.5, 0.6) is 0 Å². The smallest absolute Gasteiger partial charge is 0.199 e. The average molecular weight is 412 g/mol. The molecule has 2 fully saturated rings. The molecule has 146 valence electrons. The molecule has 0 amide bonds. The highest BCUT2D eigenvalue weighted by molar-refractivity contribution is 7.71. The number of hydrogen-bond acceptors (Lipinski definition) is 5. The van der Waals surface area contributed by atoms with E-state index in [0.717, 1.165) is 50.0 Å². The highest BCUT2D eigenvalue weighted by atomic mass is 32.1. The molecule has 28 heavy (non-hydrogen) atoms. The maximum absolute atomic E-state index is 5.81. The molecule has 1 aromatic carbocycles. The molecule has 0 atom stereocenters. The molecule has 0 spiro atoms. The Morgan fingerprint density at radius 1 is 0.964 bits per heavy atom. The Labute approximate surface area is 174 Å². The molecular formula is C21H25N5S2. The monoisotopic (exact) mass is 411 g/mol. The van der Waals surface area contributed by atoms with E-state index in [1.165, 1.54) is 23.3 Å². The third kappa shape index (κ3) is 3.85. The van der Waals surface area contributed by atoms with Gasteiger partial charge in [0.1, 0.15) is 0 Å². The Morgan fingerprint density at radius 2 is 1.71 bits per heavy atom. The van der Waals surface area contributed by atoms with Crippen molar-refractivity contribution in [2.45, 2.75) is 32.1 Å². The molecule has 0 N–H and O–H groups in total. The van der Waals surface area contributed by atoms with Crippen LogP contribution in [0.4, 0.5) is 0 Å². The van der Waals surface area contributed by atoms with Gasteiger partial charge in [0.25, 0.3) is 0 Å². The lowest BCUT2D eigenvalue weighted by Crippen LogP contribution is -2.46. The predicted octanol–water partition coefficient (Wildman–Crippen LogP) is 4.25. The number of hydrogen-bond donors (Lipinski definition) is 0. The molecule has 1 saturated carbocycles. The van der Waals surface area contributed by atoms with Gasteiger partial charge in [0.05, 0.1) is 11.5 Å². The van der Waals surface area contributed by atoms with Gasteiger partial charge in [0, 0.05) is 38.8 Å².